The van der Waals surface area contributed by atoms with E-state index in [1.165, 1.54) is 43.1 Å². The number of halogens is 3. The highest BCUT2D eigenvalue weighted by atomic mass is 79.9. The zero-order valence-corrected chi connectivity index (χ0v) is 56.8. The van der Waals surface area contributed by atoms with Crippen molar-refractivity contribution in [2.24, 2.45) is 29.4 Å². The first-order chi connectivity index (χ1) is 42.6. The Bertz CT molecular complexity index is 3200. The van der Waals surface area contributed by atoms with Crippen LogP contribution in [0.5, 0.6) is 0 Å². The molecular formula is C65H86Br2ClN7O15. The third-order valence-corrected chi connectivity index (χ3v) is 19.3. The van der Waals surface area contributed by atoms with Gasteiger partial charge in [-0.05, 0) is 107 Å². The van der Waals surface area contributed by atoms with Crippen molar-refractivity contribution in [3.8, 4) is 0 Å². The summed E-state index contributed by atoms with van der Waals surface area (Å²) in [5.41, 5.74) is 5.85. The van der Waals surface area contributed by atoms with Gasteiger partial charge in [0.1, 0.15) is 35.7 Å². The van der Waals surface area contributed by atoms with Crippen molar-refractivity contribution in [2.45, 2.75) is 167 Å². The number of amides is 6. The zero-order chi connectivity index (χ0) is 66.4. The molecule has 6 N–H and O–H groups in total. The van der Waals surface area contributed by atoms with Crippen LogP contribution in [0.1, 0.15) is 126 Å². The number of hydrogen-bond acceptors (Lipinski definition) is 16. The lowest BCUT2D eigenvalue weighted by molar-refractivity contribution is -0.158. The van der Waals surface area contributed by atoms with Gasteiger partial charge in [-0.1, -0.05) is 106 Å². The molecule has 2 saturated heterocycles. The highest BCUT2D eigenvalue weighted by Gasteiger charge is 2.64. The van der Waals surface area contributed by atoms with Crippen molar-refractivity contribution in [1.29, 1.82) is 0 Å². The van der Waals surface area contributed by atoms with Crippen LogP contribution in [-0.2, 0) is 65.3 Å². The van der Waals surface area contributed by atoms with Crippen LogP contribution in [0.15, 0.2) is 66.4 Å². The number of rotatable bonds is 26. The molecule has 3 aliphatic heterocycles. The fourth-order valence-corrected chi connectivity index (χ4v) is 13.3. The summed E-state index contributed by atoms with van der Waals surface area (Å²) in [5.74, 6) is -5.22. The molecule has 0 spiro atoms. The van der Waals surface area contributed by atoms with E-state index in [0.29, 0.717) is 63.5 Å². The number of ether oxygens (including phenoxy) is 5. The standard InChI is InChI=1S/C65H86Br2ClN7O15/c1-36(2)47(31-44(76)18-12-11-13-26-87-61(82)43(34-66)35-67)58(79)72-48(20-16-25-71-62(69)83)50(77)30-42-22-23-46(45-19-15-24-70-56(42)45)59(80)74(8)40(6)60(81)89-53-32-54(78)75(9)49-29-41(28-38(4)55(49)68)27-37(3)17-14-21-52(86-10)65(85)33-51(88-63(84)73-65)39(5)57-64(53,7)90-57/h14-15,17,19,21-24,28-29,36,39-40,43,47-48,51-53,57,85H,11-13,16,18,20,25-27,30-35H2,1-10H3,(H,72,79)(H,73,84)(H3,69,71,83)/b21-14+,37-17+/t39-,40+,47+,48+,51+,52-,53+,57+,64+,65+/m1/s1. The molecule has 0 saturated carbocycles. The maximum atomic E-state index is 14.7. The largest absolute Gasteiger partial charge is 0.465 e. The maximum absolute atomic E-state index is 14.7. The lowest BCUT2D eigenvalue weighted by Gasteiger charge is -2.42. The number of hydrogen-bond donors (Lipinski definition) is 5. The van der Waals surface area contributed by atoms with E-state index in [4.69, 9.17) is 41.0 Å². The van der Waals surface area contributed by atoms with Gasteiger partial charge in [-0.15, -0.1) is 0 Å². The molecule has 0 radical (unpaired) electrons. The Morgan fingerprint density at radius 3 is 2.42 bits per heavy atom. The Labute approximate surface area is 548 Å². The van der Waals surface area contributed by atoms with E-state index in [-0.39, 0.29) is 80.8 Å². The number of primary amides is 1. The van der Waals surface area contributed by atoms with E-state index in [1.54, 1.807) is 51.2 Å². The van der Waals surface area contributed by atoms with Crippen molar-refractivity contribution in [3.63, 3.8) is 0 Å². The van der Waals surface area contributed by atoms with Crippen LogP contribution in [-0.4, -0.2) is 161 Å². The summed E-state index contributed by atoms with van der Waals surface area (Å²) in [5, 5.41) is 21.5. The van der Waals surface area contributed by atoms with Gasteiger partial charge >= 0.3 is 24.1 Å². The zero-order valence-electron chi connectivity index (χ0n) is 52.9. The average molecular weight is 1400 g/mol. The fraction of sp³-hybridized carbons (Fsp3) is 0.569. The number of alkyl halides is 2. The number of aromatic nitrogens is 1. The van der Waals surface area contributed by atoms with E-state index in [2.05, 4.69) is 52.8 Å². The number of methoxy groups -OCH3 is 1. The maximum Gasteiger partial charge on any atom is 0.409 e. The Balaban J connectivity index is 1.20. The molecule has 10 atom stereocenters. The van der Waals surface area contributed by atoms with Crippen LogP contribution < -0.4 is 26.6 Å². The number of carbonyl (C=O) groups excluding carboxylic acids is 9. The molecule has 1 aromatic heterocycles. The SMILES string of the molecule is CO[C@@H]1/C=C/C=C(\C)Cc2cc(C)c(Cl)c(c2)N(C)C(=O)C[C@H](OC(=O)[C@H](C)N(C)C(=O)c2ccc(CC(=O)[C@H](CCCNC(N)=O)NC(=O)[C@@H](CC(=O)CCCCCOC(=O)C(CBr)CBr)C(C)C)c3ncccc23)[C@]2(C)O[C@H]2[C@H](C)[C@@H]2C[C@@]1(O)NC(=O)O2. The topological polar surface area (TPSA) is 305 Å². The minimum atomic E-state index is -1.90. The molecule has 25 heteroatoms. The average Bonchev–Trinajstić information content (AvgIpc) is 1.63. The summed E-state index contributed by atoms with van der Waals surface area (Å²) >= 11 is 13.5. The van der Waals surface area contributed by atoms with Gasteiger partial charge in [0.05, 0.1) is 47.3 Å². The van der Waals surface area contributed by atoms with E-state index in [1.807, 2.05) is 45.9 Å². The number of aliphatic hydroxyl groups is 1. The number of alkyl carbamates (subject to hydrolysis) is 1. The molecular weight excluding hydrogens is 1310 g/mol. The van der Waals surface area contributed by atoms with Gasteiger partial charge in [-0.2, -0.15) is 0 Å². The number of Topliss-reactive ketones (excluding diaryl/α,β-unsaturated/α-hetero) is 2. The minimum Gasteiger partial charge on any atom is -0.465 e. The summed E-state index contributed by atoms with van der Waals surface area (Å²) in [4.78, 5) is 130. The number of nitrogens with one attached hydrogen (secondary N) is 3. The number of anilines is 1. The molecule has 22 nitrogen and oxygen atoms in total. The van der Waals surface area contributed by atoms with Crippen molar-refractivity contribution in [2.75, 3.05) is 49.9 Å². The highest BCUT2D eigenvalue weighted by molar-refractivity contribution is 9.09. The van der Waals surface area contributed by atoms with Gasteiger partial charge < -0.3 is 55.0 Å². The van der Waals surface area contributed by atoms with Crippen molar-refractivity contribution in [3.05, 3.63) is 93.7 Å². The number of ketones is 2. The van der Waals surface area contributed by atoms with Crippen LogP contribution in [0.2, 0.25) is 5.02 Å². The van der Waals surface area contributed by atoms with Crippen LogP contribution in [0.25, 0.3) is 10.9 Å². The van der Waals surface area contributed by atoms with Gasteiger partial charge in [0, 0.05) is 93.1 Å². The molecule has 0 aliphatic carbocycles. The van der Waals surface area contributed by atoms with E-state index in [9.17, 15) is 48.3 Å². The van der Waals surface area contributed by atoms with E-state index in [0.717, 1.165) is 16.7 Å². The third kappa shape index (κ3) is 18.7. The molecule has 2 fully saturated rings. The second-order valence-corrected chi connectivity index (χ2v) is 26.0. The van der Waals surface area contributed by atoms with Crippen LogP contribution in [0.4, 0.5) is 15.3 Å². The molecule has 90 heavy (non-hydrogen) atoms. The van der Waals surface area contributed by atoms with Crippen LogP contribution >= 0.6 is 43.5 Å². The minimum absolute atomic E-state index is 0.0516. The van der Waals surface area contributed by atoms with E-state index < -0.39 is 108 Å². The normalized spacial score (nSPS) is 23.8. The lowest BCUT2D eigenvalue weighted by atomic mass is 9.83. The number of allylic oxidation sites excluding steroid dienone is 3. The van der Waals surface area contributed by atoms with Crippen molar-refractivity contribution < 1.29 is 71.9 Å². The lowest BCUT2D eigenvalue weighted by Crippen LogP contribution is -2.63. The Hall–Kier alpha value is -6.31. The van der Waals surface area contributed by atoms with Crippen molar-refractivity contribution in [1.82, 2.24) is 25.8 Å². The first-order valence-corrected chi connectivity index (χ1v) is 33.0. The molecule has 4 heterocycles. The van der Waals surface area contributed by atoms with Gasteiger partial charge in [-0.3, -0.25) is 39.1 Å². The quantitative estimate of drug-likeness (QED) is 0.0165. The molecule has 0 unspecified atom stereocenters. The number of unbranched alkanes of at least 4 members (excludes halogenated alkanes) is 2. The van der Waals surface area contributed by atoms with E-state index >= 15 is 0 Å². The summed E-state index contributed by atoms with van der Waals surface area (Å²) in [6.45, 7) is 12.7. The number of nitrogens with zero attached hydrogens (tertiary/aromatic N) is 3. The molecule has 492 valence electrons. The van der Waals surface area contributed by atoms with Gasteiger partial charge in [0.2, 0.25) is 11.8 Å². The second kappa shape index (κ2) is 32.8. The number of nitrogens with two attached hydrogens (primary N) is 1. The molecule has 4 bridgehead atoms. The van der Waals surface area contributed by atoms with Crippen molar-refractivity contribution >= 4 is 113 Å². The molecule has 3 aromatic rings. The number of carbonyl (C=O) groups is 9. The fourth-order valence-electron chi connectivity index (χ4n) is 11.4. The summed E-state index contributed by atoms with van der Waals surface area (Å²) < 4.78 is 29.5. The number of pyridine rings is 1. The van der Waals surface area contributed by atoms with Crippen LogP contribution in [0, 0.1) is 30.6 Å². The van der Waals surface area contributed by atoms with Gasteiger partial charge in [-0.25, -0.2) is 14.4 Å². The van der Waals surface area contributed by atoms with Gasteiger partial charge in [0.15, 0.2) is 11.5 Å². The monoisotopic (exact) mass is 1400 g/mol. The first kappa shape index (κ1) is 72.7. The first-order valence-electron chi connectivity index (χ1n) is 30.4. The van der Waals surface area contributed by atoms with Gasteiger partial charge in [0.25, 0.3) is 5.91 Å². The molecule has 6 amide bonds. The number of likely N-dealkylation sites (N-methyl/N-ethyl adjacent to an activating group) is 1. The predicted octanol–water partition coefficient (Wildman–Crippen LogP) is 8.46. The third-order valence-electron chi connectivity index (χ3n) is 17.2. The number of urea groups is 1. The Morgan fingerprint density at radius 2 is 1.74 bits per heavy atom. The predicted molar refractivity (Wildman–Crippen MR) is 346 cm³/mol. The summed E-state index contributed by atoms with van der Waals surface area (Å²) in [6.07, 6.45) is 3.89. The smallest absolute Gasteiger partial charge is 0.409 e. The second-order valence-electron chi connectivity index (χ2n) is 24.3. The Morgan fingerprint density at radius 1 is 1.02 bits per heavy atom. The summed E-state index contributed by atoms with van der Waals surface area (Å²) in [6, 6.07) is 7.05. The molecule has 3 aliphatic rings. The number of benzene rings is 2. The molecule has 6 rings (SSSR count). The summed E-state index contributed by atoms with van der Waals surface area (Å²) in [7, 11) is 4.42. The number of fused-ring (bicyclic) bond motifs is 6. The molecule has 2 aromatic carbocycles. The number of aryl methyl sites for hydroxylation is 1. The number of esters is 2. The van der Waals surface area contributed by atoms with Crippen LogP contribution in [0.3, 0.4) is 0 Å². The number of epoxide rings is 1. The highest BCUT2D eigenvalue weighted by Crippen LogP contribution is 2.49. The Kier molecular flexibility index (Phi) is 26.5.